The van der Waals surface area contributed by atoms with E-state index in [1.165, 1.54) is 42.5 Å². The summed E-state index contributed by atoms with van der Waals surface area (Å²) in [5, 5.41) is 21.1. The number of fused-ring (bicyclic) bond motifs is 1. The van der Waals surface area contributed by atoms with Crippen LogP contribution in [0.5, 0.6) is 5.75 Å². The molecule has 2 aromatic rings. The van der Waals surface area contributed by atoms with Crippen LogP contribution in [0.4, 0.5) is 0 Å². The number of β-amino-alcohol motifs (C(OH)–C–C–N with tert-alkyl or cyclic N) is 1. The molecule has 1 aromatic carbocycles. The summed E-state index contributed by atoms with van der Waals surface area (Å²) in [5.41, 5.74) is 3.69. The Balaban J connectivity index is 1.21. The Morgan fingerprint density at radius 3 is 3.11 bits per heavy atom. The first-order valence-electron chi connectivity index (χ1n) is 10.1. The molecular weight excluding hydrogens is 340 g/mol. The first-order valence-corrected chi connectivity index (χ1v) is 10.1. The fourth-order valence-corrected chi connectivity index (χ4v) is 4.12. The maximum absolute atomic E-state index is 10.4. The van der Waals surface area contributed by atoms with Gasteiger partial charge in [0, 0.05) is 49.9 Å². The molecular formula is C21H30N4O2. The van der Waals surface area contributed by atoms with Crippen molar-refractivity contribution in [1.29, 1.82) is 0 Å². The standard InChI is InChI=1S/C21H30N4O2/c26-19(14-25-9-8-21-17(13-25)12-23-24-21)15-27-20-7-3-4-16(10-20)11-22-18-5-1-2-6-18/h3-4,7,10,12,18-19,22,26H,1-2,5-6,8-9,11,13-15H2,(H,23,24). The van der Waals surface area contributed by atoms with Gasteiger partial charge in [0.25, 0.3) is 0 Å². The minimum atomic E-state index is -0.501. The molecule has 0 spiro atoms. The van der Waals surface area contributed by atoms with Crippen LogP contribution in [0.1, 0.15) is 42.5 Å². The number of hydrogen-bond donors (Lipinski definition) is 3. The highest BCUT2D eigenvalue weighted by molar-refractivity contribution is 5.28. The van der Waals surface area contributed by atoms with Gasteiger partial charge in [0.15, 0.2) is 0 Å². The molecule has 1 aromatic heterocycles. The quantitative estimate of drug-likeness (QED) is 0.665. The number of ether oxygens (including phenoxy) is 1. The normalized spacial score (nSPS) is 19.1. The van der Waals surface area contributed by atoms with Crippen LogP contribution in [0.15, 0.2) is 30.5 Å². The lowest BCUT2D eigenvalue weighted by atomic mass is 10.1. The van der Waals surface area contributed by atoms with Crippen LogP contribution in [-0.4, -0.2) is 52.0 Å². The van der Waals surface area contributed by atoms with Gasteiger partial charge in [-0.2, -0.15) is 5.10 Å². The van der Waals surface area contributed by atoms with E-state index in [0.29, 0.717) is 19.2 Å². The summed E-state index contributed by atoms with van der Waals surface area (Å²) in [7, 11) is 0. The van der Waals surface area contributed by atoms with Gasteiger partial charge in [-0.25, -0.2) is 0 Å². The van der Waals surface area contributed by atoms with Crippen LogP contribution in [0.3, 0.4) is 0 Å². The van der Waals surface area contributed by atoms with Crippen molar-refractivity contribution >= 4 is 0 Å². The number of hydrogen-bond acceptors (Lipinski definition) is 5. The fourth-order valence-electron chi connectivity index (χ4n) is 4.12. The third kappa shape index (κ3) is 5.09. The Morgan fingerprint density at radius 1 is 1.33 bits per heavy atom. The molecule has 1 atom stereocenters. The highest BCUT2D eigenvalue weighted by Crippen LogP contribution is 2.20. The number of rotatable bonds is 8. The van der Waals surface area contributed by atoms with Crippen molar-refractivity contribution in [2.75, 3.05) is 19.7 Å². The summed E-state index contributed by atoms with van der Waals surface area (Å²) in [4.78, 5) is 2.26. The van der Waals surface area contributed by atoms with E-state index in [-0.39, 0.29) is 0 Å². The minimum Gasteiger partial charge on any atom is -0.491 e. The summed E-state index contributed by atoms with van der Waals surface area (Å²) in [6.45, 7) is 3.59. The van der Waals surface area contributed by atoms with Gasteiger partial charge in [0.1, 0.15) is 18.5 Å². The molecule has 1 saturated carbocycles. The van der Waals surface area contributed by atoms with Gasteiger partial charge in [0.2, 0.25) is 0 Å². The number of aromatic nitrogens is 2. The molecule has 146 valence electrons. The van der Waals surface area contributed by atoms with Crippen LogP contribution in [-0.2, 0) is 19.5 Å². The monoisotopic (exact) mass is 370 g/mol. The van der Waals surface area contributed by atoms with E-state index in [4.69, 9.17) is 4.74 Å². The van der Waals surface area contributed by atoms with Gasteiger partial charge in [-0.15, -0.1) is 0 Å². The molecule has 2 heterocycles. The largest absolute Gasteiger partial charge is 0.491 e. The molecule has 0 radical (unpaired) electrons. The molecule has 1 fully saturated rings. The molecule has 0 bridgehead atoms. The van der Waals surface area contributed by atoms with Crippen molar-refractivity contribution < 1.29 is 9.84 Å². The second-order valence-corrected chi connectivity index (χ2v) is 7.83. The number of benzene rings is 1. The zero-order valence-electron chi connectivity index (χ0n) is 15.9. The first kappa shape index (κ1) is 18.5. The highest BCUT2D eigenvalue weighted by Gasteiger charge is 2.20. The van der Waals surface area contributed by atoms with E-state index in [0.717, 1.165) is 31.8 Å². The lowest BCUT2D eigenvalue weighted by Crippen LogP contribution is -2.38. The molecule has 6 nitrogen and oxygen atoms in total. The van der Waals surface area contributed by atoms with Crippen molar-refractivity contribution in [2.24, 2.45) is 0 Å². The Labute approximate surface area is 160 Å². The maximum Gasteiger partial charge on any atom is 0.119 e. The van der Waals surface area contributed by atoms with E-state index < -0.39 is 6.10 Å². The summed E-state index contributed by atoms with van der Waals surface area (Å²) >= 11 is 0. The number of nitrogens with zero attached hydrogens (tertiary/aromatic N) is 2. The lowest BCUT2D eigenvalue weighted by molar-refractivity contribution is 0.0636. The van der Waals surface area contributed by atoms with Crippen LogP contribution in [0.2, 0.25) is 0 Å². The summed E-state index contributed by atoms with van der Waals surface area (Å²) < 4.78 is 5.85. The number of aliphatic hydroxyl groups excluding tert-OH is 1. The smallest absolute Gasteiger partial charge is 0.119 e. The molecule has 27 heavy (non-hydrogen) atoms. The number of nitrogens with one attached hydrogen (secondary N) is 2. The maximum atomic E-state index is 10.4. The van der Waals surface area contributed by atoms with E-state index in [1.54, 1.807) is 0 Å². The molecule has 3 N–H and O–H groups in total. The number of aliphatic hydroxyl groups is 1. The van der Waals surface area contributed by atoms with Crippen molar-refractivity contribution in [3.8, 4) is 5.75 Å². The molecule has 6 heteroatoms. The molecule has 4 rings (SSSR count). The van der Waals surface area contributed by atoms with E-state index in [2.05, 4.69) is 32.5 Å². The average Bonchev–Trinajstić information content (AvgIpc) is 3.36. The number of H-pyrrole nitrogens is 1. The third-order valence-corrected chi connectivity index (χ3v) is 5.64. The lowest BCUT2D eigenvalue weighted by Gasteiger charge is -2.28. The predicted molar refractivity (Wildman–Crippen MR) is 105 cm³/mol. The Bertz CT molecular complexity index is 726. The first-order chi connectivity index (χ1) is 13.3. The second kappa shape index (κ2) is 8.87. The average molecular weight is 370 g/mol. The van der Waals surface area contributed by atoms with Crippen molar-refractivity contribution in [2.45, 2.75) is 57.3 Å². The minimum absolute atomic E-state index is 0.314. The van der Waals surface area contributed by atoms with Crippen molar-refractivity contribution in [3.63, 3.8) is 0 Å². The third-order valence-electron chi connectivity index (χ3n) is 5.64. The molecule has 2 aliphatic rings. The van der Waals surface area contributed by atoms with Crippen LogP contribution in [0.25, 0.3) is 0 Å². The Hall–Kier alpha value is -1.89. The second-order valence-electron chi connectivity index (χ2n) is 7.83. The zero-order chi connectivity index (χ0) is 18.5. The fraction of sp³-hybridized carbons (Fsp3) is 0.571. The summed E-state index contributed by atoms with van der Waals surface area (Å²) in [5.74, 6) is 0.829. The molecule has 1 aliphatic carbocycles. The van der Waals surface area contributed by atoms with Crippen molar-refractivity contribution in [1.82, 2.24) is 20.4 Å². The van der Waals surface area contributed by atoms with Gasteiger partial charge in [0.05, 0.1) is 6.20 Å². The molecule has 1 unspecified atom stereocenters. The highest BCUT2D eigenvalue weighted by atomic mass is 16.5. The van der Waals surface area contributed by atoms with Gasteiger partial charge in [-0.1, -0.05) is 25.0 Å². The van der Waals surface area contributed by atoms with Gasteiger partial charge >= 0.3 is 0 Å². The zero-order valence-corrected chi connectivity index (χ0v) is 15.9. The molecule has 0 amide bonds. The van der Waals surface area contributed by atoms with Crippen LogP contribution >= 0.6 is 0 Å². The van der Waals surface area contributed by atoms with Crippen molar-refractivity contribution in [3.05, 3.63) is 47.3 Å². The van der Waals surface area contributed by atoms with E-state index >= 15 is 0 Å². The van der Waals surface area contributed by atoms with Gasteiger partial charge in [-0.05, 0) is 30.5 Å². The van der Waals surface area contributed by atoms with Crippen LogP contribution < -0.4 is 10.1 Å². The summed E-state index contributed by atoms with van der Waals surface area (Å²) in [6, 6.07) is 8.86. The summed E-state index contributed by atoms with van der Waals surface area (Å²) in [6.07, 6.45) is 7.61. The van der Waals surface area contributed by atoms with Crippen LogP contribution in [0, 0.1) is 0 Å². The Morgan fingerprint density at radius 2 is 2.22 bits per heavy atom. The topological polar surface area (TPSA) is 73.4 Å². The molecule has 0 saturated heterocycles. The van der Waals surface area contributed by atoms with Gasteiger partial charge in [-0.3, -0.25) is 10.00 Å². The SMILES string of the molecule is OC(COc1cccc(CNC2CCCC2)c1)CN1CCc2[nH]ncc2C1. The predicted octanol–water partition coefficient (Wildman–Crippen LogP) is 2.24. The molecule has 1 aliphatic heterocycles. The van der Waals surface area contributed by atoms with E-state index in [9.17, 15) is 5.11 Å². The Kier molecular flexibility index (Phi) is 6.07. The van der Waals surface area contributed by atoms with E-state index in [1.807, 2.05) is 18.3 Å². The number of aromatic amines is 1. The van der Waals surface area contributed by atoms with Gasteiger partial charge < -0.3 is 15.2 Å².